The maximum Gasteiger partial charge on any atom is 0.251 e. The number of piperidine rings is 1. The summed E-state index contributed by atoms with van der Waals surface area (Å²) in [6, 6.07) is 0. The monoisotopic (exact) mass is 296 g/mol. The fraction of sp³-hybridized carbons (Fsp3) is 0.867. The van der Waals surface area contributed by atoms with Crippen LogP contribution in [0.1, 0.15) is 25.7 Å². The van der Waals surface area contributed by atoms with E-state index in [1.165, 1.54) is 7.11 Å². The zero-order chi connectivity index (χ0) is 14.8. The van der Waals surface area contributed by atoms with Crippen molar-refractivity contribution in [3.63, 3.8) is 0 Å². The molecule has 3 rings (SSSR count). The van der Waals surface area contributed by atoms with Crippen LogP contribution < -0.4 is 0 Å². The summed E-state index contributed by atoms with van der Waals surface area (Å²) in [4.78, 5) is 28.0. The average molecular weight is 296 g/mol. The minimum atomic E-state index is -0.296. The molecule has 3 saturated heterocycles. The number of fused-ring (bicyclic) bond motifs is 1. The predicted octanol–water partition coefficient (Wildman–Crippen LogP) is 0.261. The molecule has 0 radical (unpaired) electrons. The molecule has 0 unspecified atom stereocenters. The van der Waals surface area contributed by atoms with E-state index in [-0.39, 0.29) is 30.6 Å². The number of hydrogen-bond acceptors (Lipinski definition) is 4. The first-order valence-electron chi connectivity index (χ1n) is 7.90. The number of ether oxygens (including phenoxy) is 2. The summed E-state index contributed by atoms with van der Waals surface area (Å²) in [6.45, 7) is 3.19. The standard InChI is InChI=1S/C15H24N2O4/c1-20-10-14(18)17-7-4-11-8-12(21-13(11)9-17)15(19)16-5-2-3-6-16/h11-13H,2-10H2,1H3/t11-,12+,13+/m0/s1. The highest BCUT2D eigenvalue weighted by Crippen LogP contribution is 2.34. The van der Waals surface area contributed by atoms with E-state index >= 15 is 0 Å². The SMILES string of the molecule is COCC(=O)N1CC[C@H]2C[C@H](C(=O)N3CCCC3)O[C@@H]2C1. The topological polar surface area (TPSA) is 59.1 Å². The molecule has 6 nitrogen and oxygen atoms in total. The minimum Gasteiger partial charge on any atom is -0.375 e. The molecule has 3 aliphatic rings. The number of methoxy groups -OCH3 is 1. The van der Waals surface area contributed by atoms with Gasteiger partial charge in [-0.05, 0) is 31.6 Å². The number of amides is 2. The van der Waals surface area contributed by atoms with E-state index in [0.717, 1.165) is 45.3 Å². The molecule has 118 valence electrons. The van der Waals surface area contributed by atoms with Gasteiger partial charge in [0, 0.05) is 33.3 Å². The van der Waals surface area contributed by atoms with E-state index in [4.69, 9.17) is 9.47 Å². The first-order valence-corrected chi connectivity index (χ1v) is 7.90. The third kappa shape index (κ3) is 3.06. The van der Waals surface area contributed by atoms with Crippen molar-refractivity contribution in [1.82, 2.24) is 9.80 Å². The zero-order valence-electron chi connectivity index (χ0n) is 12.6. The summed E-state index contributed by atoms with van der Waals surface area (Å²) in [7, 11) is 1.53. The van der Waals surface area contributed by atoms with Gasteiger partial charge < -0.3 is 19.3 Å². The van der Waals surface area contributed by atoms with Crippen LogP contribution in [0.25, 0.3) is 0 Å². The molecule has 0 aromatic heterocycles. The summed E-state index contributed by atoms with van der Waals surface area (Å²) in [5, 5.41) is 0. The van der Waals surface area contributed by atoms with Crippen molar-refractivity contribution in [2.45, 2.75) is 37.9 Å². The minimum absolute atomic E-state index is 0.00821. The molecule has 0 saturated carbocycles. The largest absolute Gasteiger partial charge is 0.375 e. The Bertz CT molecular complexity index is 408. The Balaban J connectivity index is 1.56. The molecule has 0 spiro atoms. The summed E-state index contributed by atoms with van der Waals surface area (Å²) in [5.41, 5.74) is 0. The third-order valence-electron chi connectivity index (χ3n) is 4.87. The molecule has 0 N–H and O–H groups in total. The fourth-order valence-corrected chi connectivity index (χ4v) is 3.67. The maximum absolute atomic E-state index is 12.4. The smallest absolute Gasteiger partial charge is 0.251 e. The van der Waals surface area contributed by atoms with Gasteiger partial charge in [0.1, 0.15) is 12.7 Å². The van der Waals surface area contributed by atoms with Crippen LogP contribution in [-0.2, 0) is 19.1 Å². The summed E-state index contributed by atoms with van der Waals surface area (Å²) in [5.74, 6) is 0.568. The van der Waals surface area contributed by atoms with Gasteiger partial charge in [0.25, 0.3) is 5.91 Å². The van der Waals surface area contributed by atoms with Crippen molar-refractivity contribution in [2.75, 3.05) is 39.9 Å². The van der Waals surface area contributed by atoms with Crippen molar-refractivity contribution in [3.8, 4) is 0 Å². The van der Waals surface area contributed by atoms with Gasteiger partial charge in [-0.2, -0.15) is 0 Å². The maximum atomic E-state index is 12.4. The number of rotatable bonds is 3. The van der Waals surface area contributed by atoms with E-state index in [1.807, 2.05) is 4.90 Å². The molecule has 3 atom stereocenters. The Hall–Kier alpha value is -1.14. The molecule has 6 heteroatoms. The normalized spacial score (nSPS) is 32.3. The molecular formula is C15H24N2O4. The van der Waals surface area contributed by atoms with Crippen molar-refractivity contribution in [1.29, 1.82) is 0 Å². The second-order valence-electron chi connectivity index (χ2n) is 6.25. The molecule has 2 amide bonds. The summed E-state index contributed by atoms with van der Waals surface area (Å²) < 4.78 is 10.9. The van der Waals surface area contributed by atoms with Gasteiger partial charge in [0.05, 0.1) is 6.10 Å². The lowest BCUT2D eigenvalue weighted by Gasteiger charge is -2.33. The molecule has 0 aromatic carbocycles. The number of carbonyl (C=O) groups is 2. The van der Waals surface area contributed by atoms with Crippen LogP contribution in [0.4, 0.5) is 0 Å². The highest BCUT2D eigenvalue weighted by atomic mass is 16.5. The predicted molar refractivity (Wildman–Crippen MR) is 75.7 cm³/mol. The lowest BCUT2D eigenvalue weighted by molar-refractivity contribution is -0.145. The Morgan fingerprint density at radius 2 is 1.95 bits per heavy atom. The molecule has 0 aromatic rings. The molecule has 3 aliphatic heterocycles. The number of nitrogens with zero attached hydrogens (tertiary/aromatic N) is 2. The Morgan fingerprint density at radius 1 is 1.19 bits per heavy atom. The van der Waals surface area contributed by atoms with Crippen molar-refractivity contribution < 1.29 is 19.1 Å². The molecule has 3 heterocycles. The van der Waals surface area contributed by atoms with Crippen LogP contribution in [0, 0.1) is 5.92 Å². The average Bonchev–Trinajstić information content (AvgIpc) is 3.15. The van der Waals surface area contributed by atoms with Gasteiger partial charge in [-0.3, -0.25) is 9.59 Å². The first kappa shape index (κ1) is 14.8. The second-order valence-corrected chi connectivity index (χ2v) is 6.25. The number of likely N-dealkylation sites (tertiary alicyclic amines) is 2. The van der Waals surface area contributed by atoms with E-state index in [2.05, 4.69) is 0 Å². The van der Waals surface area contributed by atoms with Gasteiger partial charge in [0.15, 0.2) is 0 Å². The molecule has 0 bridgehead atoms. The number of hydrogen-bond donors (Lipinski definition) is 0. The Morgan fingerprint density at radius 3 is 2.67 bits per heavy atom. The van der Waals surface area contributed by atoms with Crippen LogP contribution in [0.5, 0.6) is 0 Å². The van der Waals surface area contributed by atoms with Crippen LogP contribution in [0.15, 0.2) is 0 Å². The lowest BCUT2D eigenvalue weighted by atomic mass is 9.91. The lowest BCUT2D eigenvalue weighted by Crippen LogP contribution is -2.46. The van der Waals surface area contributed by atoms with Crippen molar-refractivity contribution in [3.05, 3.63) is 0 Å². The Labute approximate surface area is 125 Å². The quantitative estimate of drug-likeness (QED) is 0.750. The van der Waals surface area contributed by atoms with Gasteiger partial charge in [0.2, 0.25) is 5.91 Å². The summed E-state index contributed by atoms with van der Waals surface area (Å²) >= 11 is 0. The van der Waals surface area contributed by atoms with Crippen molar-refractivity contribution >= 4 is 11.8 Å². The third-order valence-corrected chi connectivity index (χ3v) is 4.87. The van der Waals surface area contributed by atoms with Crippen LogP contribution >= 0.6 is 0 Å². The number of carbonyl (C=O) groups excluding carboxylic acids is 2. The van der Waals surface area contributed by atoms with E-state index in [0.29, 0.717) is 12.5 Å². The van der Waals surface area contributed by atoms with Crippen molar-refractivity contribution in [2.24, 2.45) is 5.92 Å². The van der Waals surface area contributed by atoms with Crippen LogP contribution in [0.3, 0.4) is 0 Å². The summed E-state index contributed by atoms with van der Waals surface area (Å²) in [6.07, 6.45) is 3.65. The van der Waals surface area contributed by atoms with E-state index < -0.39 is 0 Å². The van der Waals surface area contributed by atoms with Gasteiger partial charge >= 0.3 is 0 Å². The van der Waals surface area contributed by atoms with Gasteiger partial charge in [-0.25, -0.2) is 0 Å². The van der Waals surface area contributed by atoms with E-state index in [9.17, 15) is 9.59 Å². The molecule has 3 fully saturated rings. The first-order chi connectivity index (χ1) is 10.2. The van der Waals surface area contributed by atoms with Crippen LogP contribution in [-0.4, -0.2) is 73.7 Å². The second kappa shape index (κ2) is 6.32. The zero-order valence-corrected chi connectivity index (χ0v) is 12.6. The highest BCUT2D eigenvalue weighted by molar-refractivity contribution is 5.81. The fourth-order valence-electron chi connectivity index (χ4n) is 3.67. The molecular weight excluding hydrogens is 272 g/mol. The molecule has 21 heavy (non-hydrogen) atoms. The van der Waals surface area contributed by atoms with E-state index in [1.54, 1.807) is 4.90 Å². The highest BCUT2D eigenvalue weighted by Gasteiger charge is 2.43. The van der Waals surface area contributed by atoms with Gasteiger partial charge in [-0.1, -0.05) is 0 Å². The van der Waals surface area contributed by atoms with Crippen LogP contribution in [0.2, 0.25) is 0 Å². The van der Waals surface area contributed by atoms with Gasteiger partial charge in [-0.15, -0.1) is 0 Å². The molecule has 0 aliphatic carbocycles. The Kier molecular flexibility index (Phi) is 4.45.